The topological polar surface area (TPSA) is 41.9 Å². The predicted octanol–water partition coefficient (Wildman–Crippen LogP) is 6.65. The molecule has 2 aliphatic heterocycles. The lowest BCUT2D eigenvalue weighted by Crippen LogP contribution is -2.35. The summed E-state index contributed by atoms with van der Waals surface area (Å²) in [5.74, 6) is 1.46. The van der Waals surface area contributed by atoms with Gasteiger partial charge in [0.05, 0.1) is 6.67 Å². The predicted molar refractivity (Wildman–Crippen MR) is 137 cm³/mol. The largest absolute Gasteiger partial charge is 0.508 e. The van der Waals surface area contributed by atoms with Crippen LogP contribution in [0, 0.1) is 11.7 Å². The van der Waals surface area contributed by atoms with E-state index in [4.69, 9.17) is 9.47 Å². The van der Waals surface area contributed by atoms with Crippen molar-refractivity contribution in [3.05, 3.63) is 89.2 Å². The molecule has 36 heavy (non-hydrogen) atoms. The van der Waals surface area contributed by atoms with Gasteiger partial charge in [-0.25, -0.2) is 4.39 Å². The first-order chi connectivity index (χ1) is 17.4. The third-order valence-corrected chi connectivity index (χ3v) is 7.27. The second-order valence-corrected chi connectivity index (χ2v) is 9.76. The van der Waals surface area contributed by atoms with Gasteiger partial charge in [0.25, 0.3) is 0 Å². The van der Waals surface area contributed by atoms with Crippen molar-refractivity contribution in [3.8, 4) is 17.2 Å². The average molecular weight is 492 g/mol. The average Bonchev–Trinajstić information content (AvgIpc) is 3.38. The van der Waals surface area contributed by atoms with E-state index in [9.17, 15) is 13.9 Å². The number of nitrogens with zero attached hydrogens (tertiary/aromatic N) is 1. The Morgan fingerprint density at radius 1 is 1.08 bits per heavy atom. The number of aromatic hydroxyl groups is 1. The molecule has 188 valence electrons. The summed E-state index contributed by atoms with van der Waals surface area (Å²) in [4.78, 5) is 2.28. The Morgan fingerprint density at radius 3 is 2.53 bits per heavy atom. The maximum absolute atomic E-state index is 13.7. The van der Waals surface area contributed by atoms with Crippen molar-refractivity contribution in [2.45, 2.75) is 32.4 Å². The highest BCUT2D eigenvalue weighted by atomic mass is 19.1. The van der Waals surface area contributed by atoms with E-state index in [2.05, 4.69) is 11.8 Å². The maximum atomic E-state index is 13.7. The third-order valence-electron chi connectivity index (χ3n) is 7.27. The highest BCUT2D eigenvalue weighted by Crippen LogP contribution is 2.47. The van der Waals surface area contributed by atoms with Crippen molar-refractivity contribution in [1.29, 1.82) is 0 Å². The number of allylic oxidation sites excluding steroid dienone is 1. The van der Waals surface area contributed by atoms with E-state index in [-0.39, 0.29) is 30.2 Å². The first-order valence-corrected chi connectivity index (χ1v) is 12.4. The summed E-state index contributed by atoms with van der Waals surface area (Å²) < 4.78 is 39.1. The lowest BCUT2D eigenvalue weighted by molar-refractivity contribution is 0.165. The molecule has 0 bridgehead atoms. The van der Waals surface area contributed by atoms with Crippen LogP contribution in [0.15, 0.2) is 66.7 Å². The molecule has 2 aliphatic rings. The van der Waals surface area contributed by atoms with E-state index >= 15 is 0 Å². The van der Waals surface area contributed by atoms with Gasteiger partial charge in [-0.15, -0.1) is 0 Å². The molecule has 0 amide bonds. The molecule has 0 unspecified atom stereocenters. The second kappa shape index (κ2) is 10.3. The third kappa shape index (κ3) is 4.96. The molecular weight excluding hydrogens is 460 g/mol. The van der Waals surface area contributed by atoms with Crippen molar-refractivity contribution in [3.63, 3.8) is 0 Å². The van der Waals surface area contributed by atoms with Crippen LogP contribution >= 0.6 is 0 Å². The zero-order valence-electron chi connectivity index (χ0n) is 20.6. The molecule has 1 N–H and O–H groups in total. The van der Waals surface area contributed by atoms with Crippen molar-refractivity contribution in [2.24, 2.45) is 5.92 Å². The van der Waals surface area contributed by atoms with Crippen molar-refractivity contribution in [1.82, 2.24) is 4.90 Å². The van der Waals surface area contributed by atoms with Crippen LogP contribution in [0.25, 0.3) is 11.1 Å². The van der Waals surface area contributed by atoms with Crippen molar-refractivity contribution in [2.75, 3.05) is 26.4 Å². The highest BCUT2D eigenvalue weighted by molar-refractivity contribution is 5.95. The minimum absolute atomic E-state index is 0.142. The summed E-state index contributed by atoms with van der Waals surface area (Å²) in [6, 6.07) is 19.5. The quantitative estimate of drug-likeness (QED) is 0.402. The number of rotatable bonds is 7. The normalized spacial score (nSPS) is 20.7. The first kappa shape index (κ1) is 24.3. The molecule has 3 atom stereocenters. The van der Waals surface area contributed by atoms with E-state index in [1.807, 2.05) is 31.2 Å². The van der Waals surface area contributed by atoms with Gasteiger partial charge in [0.15, 0.2) is 0 Å². The molecule has 3 aromatic carbocycles. The summed E-state index contributed by atoms with van der Waals surface area (Å²) in [6.45, 7) is 6.09. The van der Waals surface area contributed by atoms with Gasteiger partial charge in [-0.1, -0.05) is 24.3 Å². The monoisotopic (exact) mass is 491 g/mol. The van der Waals surface area contributed by atoms with E-state index in [0.29, 0.717) is 12.4 Å². The Kier molecular flexibility index (Phi) is 6.97. The summed E-state index contributed by atoms with van der Waals surface area (Å²) in [5.41, 5.74) is 4.51. The van der Waals surface area contributed by atoms with Gasteiger partial charge in [-0.05, 0) is 86.0 Å². The zero-order valence-corrected chi connectivity index (χ0v) is 20.6. The smallest absolute Gasteiger partial charge is 0.150 e. The fourth-order valence-corrected chi connectivity index (χ4v) is 5.12. The number of fused-ring (bicyclic) bond motifs is 1. The molecule has 1 fully saturated rings. The van der Waals surface area contributed by atoms with Crippen molar-refractivity contribution < 1.29 is 23.4 Å². The Morgan fingerprint density at radius 2 is 1.83 bits per heavy atom. The minimum Gasteiger partial charge on any atom is -0.508 e. The van der Waals surface area contributed by atoms with E-state index < -0.39 is 6.10 Å². The number of hydrogen-bond donors (Lipinski definition) is 1. The molecule has 2 heterocycles. The molecule has 0 saturated carbocycles. The molecule has 0 aromatic heterocycles. The van der Waals surface area contributed by atoms with E-state index in [0.717, 1.165) is 53.1 Å². The number of ether oxygens (including phenoxy) is 2. The van der Waals surface area contributed by atoms with E-state index in [1.54, 1.807) is 30.3 Å². The lowest BCUT2D eigenvalue weighted by Gasteiger charge is -2.31. The number of hydrogen-bond acceptors (Lipinski definition) is 4. The van der Waals surface area contributed by atoms with Crippen molar-refractivity contribution >= 4 is 11.1 Å². The van der Waals surface area contributed by atoms with E-state index in [1.165, 1.54) is 12.1 Å². The van der Waals surface area contributed by atoms with Crippen LogP contribution < -0.4 is 9.47 Å². The molecule has 0 radical (unpaired) electrons. The minimum atomic E-state index is -0.400. The molecule has 0 aliphatic carbocycles. The molecular formula is C30H31F2NO3. The lowest BCUT2D eigenvalue weighted by atomic mass is 9.86. The molecule has 6 heteroatoms. The van der Waals surface area contributed by atoms with Gasteiger partial charge in [0.1, 0.15) is 35.8 Å². The summed E-state index contributed by atoms with van der Waals surface area (Å²) >= 11 is 0. The molecule has 1 saturated heterocycles. The summed E-state index contributed by atoms with van der Waals surface area (Å²) in [5, 5.41) is 10.0. The van der Waals surface area contributed by atoms with Gasteiger partial charge in [0, 0.05) is 29.6 Å². The van der Waals surface area contributed by atoms with Crippen LogP contribution in [0.2, 0.25) is 0 Å². The van der Waals surface area contributed by atoms with Gasteiger partial charge < -0.3 is 14.6 Å². The van der Waals surface area contributed by atoms with Gasteiger partial charge in [0.2, 0.25) is 0 Å². The van der Waals surface area contributed by atoms with Gasteiger partial charge in [-0.3, -0.25) is 9.29 Å². The number of likely N-dealkylation sites (tertiary alicyclic amines) is 1. The Balaban J connectivity index is 1.37. The number of halogens is 2. The highest BCUT2D eigenvalue weighted by Gasteiger charge is 2.30. The maximum Gasteiger partial charge on any atom is 0.150 e. The number of phenols is 1. The molecule has 3 aromatic rings. The van der Waals surface area contributed by atoms with Crippen LogP contribution in [0.5, 0.6) is 17.2 Å². The Labute approximate surface area is 210 Å². The Bertz CT molecular complexity index is 1240. The molecule has 4 nitrogen and oxygen atoms in total. The number of alkyl halides is 1. The SMILES string of the molecule is CC1=C(c2ccc(F)cc2)[C@H](c2ccc(OC[C@H](C)N3CC[C@@H](CF)C3)cc2)Oc2ccc(O)cc21. The van der Waals surface area contributed by atoms with Gasteiger partial charge >= 0.3 is 0 Å². The first-order valence-electron chi connectivity index (χ1n) is 12.4. The molecule has 5 rings (SSSR count). The number of benzene rings is 3. The van der Waals surface area contributed by atoms with Crippen LogP contribution in [-0.2, 0) is 0 Å². The van der Waals surface area contributed by atoms with Crippen LogP contribution in [0.1, 0.15) is 43.1 Å². The number of phenolic OH excluding ortho intramolecular Hbond substituents is 1. The fraction of sp³-hybridized carbons (Fsp3) is 0.333. The molecule has 0 spiro atoms. The van der Waals surface area contributed by atoms with Crippen LogP contribution in [0.3, 0.4) is 0 Å². The Hall–Kier alpha value is -3.38. The fourth-order valence-electron chi connectivity index (χ4n) is 5.12. The summed E-state index contributed by atoms with van der Waals surface area (Å²) in [7, 11) is 0. The van der Waals surface area contributed by atoms with Crippen LogP contribution in [-0.4, -0.2) is 42.4 Å². The second-order valence-electron chi connectivity index (χ2n) is 9.76. The van der Waals surface area contributed by atoms with Gasteiger partial charge in [-0.2, -0.15) is 0 Å². The zero-order chi connectivity index (χ0) is 25.2. The standard InChI is InChI=1S/C30H31F2NO3/c1-19(33-14-13-21(16-31)17-33)18-35-26-10-5-23(6-11-26)30-29(22-3-7-24(32)8-4-22)20(2)27-15-25(34)9-12-28(27)36-30/h3-12,15,19,21,30,34H,13-14,16-18H2,1-2H3/t19-,21-,30-/m0/s1. The van der Waals surface area contributed by atoms with Crippen LogP contribution in [0.4, 0.5) is 8.78 Å². The summed E-state index contributed by atoms with van der Waals surface area (Å²) in [6.07, 6.45) is 0.505.